The SMILES string of the molecule is CSc1ccc(C2C(N)CCCN2CC(C)C)cc1. The van der Waals surface area contributed by atoms with Gasteiger partial charge in [0.2, 0.25) is 0 Å². The molecule has 0 saturated carbocycles. The van der Waals surface area contributed by atoms with Crippen LogP contribution in [0.3, 0.4) is 0 Å². The number of piperidine rings is 1. The second-order valence-electron chi connectivity index (χ2n) is 5.91. The van der Waals surface area contributed by atoms with Crippen molar-refractivity contribution in [1.82, 2.24) is 4.90 Å². The average molecular weight is 278 g/mol. The summed E-state index contributed by atoms with van der Waals surface area (Å²) in [5.41, 5.74) is 7.78. The first-order valence-electron chi connectivity index (χ1n) is 7.25. The van der Waals surface area contributed by atoms with E-state index in [0.717, 1.165) is 13.0 Å². The fourth-order valence-corrected chi connectivity index (χ4v) is 3.44. The van der Waals surface area contributed by atoms with Crippen molar-refractivity contribution in [3.05, 3.63) is 29.8 Å². The molecular weight excluding hydrogens is 252 g/mol. The summed E-state index contributed by atoms with van der Waals surface area (Å²) in [5.74, 6) is 0.693. The number of rotatable bonds is 4. The van der Waals surface area contributed by atoms with E-state index in [2.05, 4.69) is 49.3 Å². The Kier molecular flexibility index (Phi) is 5.31. The van der Waals surface area contributed by atoms with Crippen molar-refractivity contribution >= 4 is 11.8 Å². The number of hydrogen-bond donors (Lipinski definition) is 1. The lowest BCUT2D eigenvalue weighted by molar-refractivity contribution is 0.114. The van der Waals surface area contributed by atoms with Crippen molar-refractivity contribution in [2.45, 2.75) is 43.7 Å². The molecule has 1 fully saturated rings. The maximum Gasteiger partial charge on any atom is 0.0499 e. The monoisotopic (exact) mass is 278 g/mol. The van der Waals surface area contributed by atoms with Crippen LogP contribution < -0.4 is 5.73 Å². The van der Waals surface area contributed by atoms with E-state index in [9.17, 15) is 0 Å². The molecule has 2 N–H and O–H groups in total. The lowest BCUT2D eigenvalue weighted by atomic mass is 9.90. The molecule has 106 valence electrons. The van der Waals surface area contributed by atoms with Gasteiger partial charge < -0.3 is 5.73 Å². The Labute approximate surface area is 121 Å². The molecule has 1 aliphatic heterocycles. The van der Waals surface area contributed by atoms with Crippen LogP contribution in [0.4, 0.5) is 0 Å². The molecule has 2 atom stereocenters. The number of hydrogen-bond acceptors (Lipinski definition) is 3. The number of thioether (sulfide) groups is 1. The number of likely N-dealkylation sites (tertiary alicyclic amines) is 1. The highest BCUT2D eigenvalue weighted by Crippen LogP contribution is 2.31. The van der Waals surface area contributed by atoms with E-state index in [1.165, 1.54) is 23.4 Å². The van der Waals surface area contributed by atoms with E-state index in [0.29, 0.717) is 12.0 Å². The lowest BCUT2D eigenvalue weighted by Gasteiger charge is -2.41. The van der Waals surface area contributed by atoms with Crippen molar-refractivity contribution in [3.63, 3.8) is 0 Å². The molecule has 19 heavy (non-hydrogen) atoms. The van der Waals surface area contributed by atoms with Gasteiger partial charge in [-0.1, -0.05) is 26.0 Å². The van der Waals surface area contributed by atoms with Crippen LogP contribution in [0.25, 0.3) is 0 Å². The predicted octanol–water partition coefficient (Wildman–Crippen LogP) is 3.53. The Morgan fingerprint density at radius 1 is 1.32 bits per heavy atom. The predicted molar refractivity (Wildman–Crippen MR) is 84.6 cm³/mol. The molecule has 2 unspecified atom stereocenters. The smallest absolute Gasteiger partial charge is 0.0499 e. The van der Waals surface area contributed by atoms with Gasteiger partial charge in [0.15, 0.2) is 0 Å². The summed E-state index contributed by atoms with van der Waals surface area (Å²) in [6.45, 7) is 6.89. The molecule has 1 heterocycles. The van der Waals surface area contributed by atoms with Crippen LogP contribution in [-0.2, 0) is 0 Å². The molecule has 1 saturated heterocycles. The van der Waals surface area contributed by atoms with Gasteiger partial charge in [0.1, 0.15) is 0 Å². The van der Waals surface area contributed by atoms with Crippen molar-refractivity contribution in [2.24, 2.45) is 11.7 Å². The molecule has 1 aliphatic rings. The van der Waals surface area contributed by atoms with Gasteiger partial charge in [-0.25, -0.2) is 0 Å². The first-order chi connectivity index (χ1) is 9.11. The summed E-state index contributed by atoms with van der Waals surface area (Å²) >= 11 is 1.79. The van der Waals surface area contributed by atoms with Crippen LogP contribution in [0.5, 0.6) is 0 Å². The molecule has 1 aromatic rings. The van der Waals surface area contributed by atoms with Crippen LogP contribution >= 0.6 is 11.8 Å². The summed E-state index contributed by atoms with van der Waals surface area (Å²) in [7, 11) is 0. The minimum Gasteiger partial charge on any atom is -0.326 e. The van der Waals surface area contributed by atoms with E-state index in [-0.39, 0.29) is 6.04 Å². The Morgan fingerprint density at radius 2 is 2.00 bits per heavy atom. The second kappa shape index (κ2) is 6.78. The van der Waals surface area contributed by atoms with Crippen LogP contribution in [0, 0.1) is 5.92 Å². The van der Waals surface area contributed by atoms with Gasteiger partial charge in [0.25, 0.3) is 0 Å². The Hall–Kier alpha value is -0.510. The van der Waals surface area contributed by atoms with Gasteiger partial charge in [-0.3, -0.25) is 4.90 Å². The molecule has 2 rings (SSSR count). The minimum atomic E-state index is 0.271. The van der Waals surface area contributed by atoms with E-state index in [1.54, 1.807) is 11.8 Å². The zero-order chi connectivity index (χ0) is 13.8. The summed E-state index contributed by atoms with van der Waals surface area (Å²) in [6, 6.07) is 9.62. The van der Waals surface area contributed by atoms with Gasteiger partial charge in [-0.15, -0.1) is 11.8 Å². The topological polar surface area (TPSA) is 29.3 Å². The second-order valence-corrected chi connectivity index (χ2v) is 6.79. The molecule has 3 heteroatoms. The summed E-state index contributed by atoms with van der Waals surface area (Å²) in [6.07, 6.45) is 4.49. The molecule has 0 radical (unpaired) electrons. The summed E-state index contributed by atoms with van der Waals surface area (Å²) < 4.78 is 0. The Balaban J connectivity index is 2.19. The van der Waals surface area contributed by atoms with Crippen molar-refractivity contribution in [1.29, 1.82) is 0 Å². The maximum absolute atomic E-state index is 6.40. The third-order valence-corrected chi connectivity index (χ3v) is 4.58. The molecule has 1 aromatic carbocycles. The molecule has 0 amide bonds. The van der Waals surface area contributed by atoms with Gasteiger partial charge in [0.05, 0.1) is 0 Å². The highest BCUT2D eigenvalue weighted by molar-refractivity contribution is 7.98. The van der Waals surface area contributed by atoms with Crippen LogP contribution in [0.2, 0.25) is 0 Å². The van der Waals surface area contributed by atoms with E-state index in [1.807, 2.05) is 0 Å². The molecule has 0 spiro atoms. The normalized spacial score (nSPS) is 24.9. The third kappa shape index (κ3) is 3.74. The highest BCUT2D eigenvalue weighted by atomic mass is 32.2. The summed E-state index contributed by atoms with van der Waals surface area (Å²) in [4.78, 5) is 3.90. The van der Waals surface area contributed by atoms with E-state index in [4.69, 9.17) is 5.73 Å². The van der Waals surface area contributed by atoms with Gasteiger partial charge >= 0.3 is 0 Å². The Bertz CT molecular complexity index is 388. The maximum atomic E-state index is 6.40. The number of nitrogens with two attached hydrogens (primary N) is 1. The fourth-order valence-electron chi connectivity index (χ4n) is 3.03. The average Bonchev–Trinajstić information content (AvgIpc) is 2.38. The first kappa shape index (κ1) is 14.9. The lowest BCUT2D eigenvalue weighted by Crippen LogP contribution is -2.47. The highest BCUT2D eigenvalue weighted by Gasteiger charge is 2.30. The molecular formula is C16H26N2S. The van der Waals surface area contributed by atoms with Crippen LogP contribution in [0.15, 0.2) is 29.2 Å². The quantitative estimate of drug-likeness (QED) is 0.854. The van der Waals surface area contributed by atoms with E-state index >= 15 is 0 Å². The fraction of sp³-hybridized carbons (Fsp3) is 0.625. The van der Waals surface area contributed by atoms with Crippen LogP contribution in [0.1, 0.15) is 38.3 Å². The molecule has 0 aromatic heterocycles. The van der Waals surface area contributed by atoms with Crippen LogP contribution in [-0.4, -0.2) is 30.3 Å². The molecule has 2 nitrogen and oxygen atoms in total. The van der Waals surface area contributed by atoms with E-state index < -0.39 is 0 Å². The Morgan fingerprint density at radius 3 is 2.58 bits per heavy atom. The minimum absolute atomic E-state index is 0.271. The van der Waals surface area contributed by atoms with Crippen molar-refractivity contribution < 1.29 is 0 Å². The van der Waals surface area contributed by atoms with Crippen molar-refractivity contribution in [2.75, 3.05) is 19.3 Å². The van der Waals surface area contributed by atoms with Gasteiger partial charge in [-0.2, -0.15) is 0 Å². The summed E-state index contributed by atoms with van der Waals surface area (Å²) in [5, 5.41) is 0. The number of nitrogens with zero attached hydrogens (tertiary/aromatic N) is 1. The standard InChI is InChI=1S/C16H26N2S/c1-12(2)11-18-10-4-5-15(17)16(18)13-6-8-14(19-3)9-7-13/h6-9,12,15-16H,4-5,10-11,17H2,1-3H3. The zero-order valence-electron chi connectivity index (χ0n) is 12.3. The van der Waals surface area contributed by atoms with Crippen molar-refractivity contribution in [3.8, 4) is 0 Å². The van der Waals surface area contributed by atoms with Gasteiger partial charge in [0, 0.05) is 23.5 Å². The number of benzene rings is 1. The molecule has 0 aliphatic carbocycles. The first-order valence-corrected chi connectivity index (χ1v) is 8.48. The third-order valence-electron chi connectivity index (χ3n) is 3.84. The molecule has 0 bridgehead atoms. The van der Waals surface area contributed by atoms with Gasteiger partial charge in [-0.05, 0) is 49.3 Å². The zero-order valence-corrected chi connectivity index (χ0v) is 13.1. The largest absolute Gasteiger partial charge is 0.326 e.